The van der Waals surface area contributed by atoms with E-state index in [4.69, 9.17) is 5.73 Å². The molecule has 3 rings (SSSR count). The standard InChI is InChI=1S/C20H31N3O.2ClH/c1-15(16-7-3-2-4-8-16)23-20(11-5-6-12-20)14-22-19(24)17-9-10-18(21)13-17;;/h2-4,7-8,15,17-18,23H,5-6,9-14,21H2,1H3,(H,22,24);2*1H. The van der Waals surface area contributed by atoms with Crippen molar-refractivity contribution in [3.8, 4) is 0 Å². The zero-order valence-electron chi connectivity index (χ0n) is 15.6. The summed E-state index contributed by atoms with van der Waals surface area (Å²) in [6.45, 7) is 2.95. The number of rotatable bonds is 6. The zero-order valence-corrected chi connectivity index (χ0v) is 17.2. The fourth-order valence-electron chi connectivity index (χ4n) is 4.36. The maximum Gasteiger partial charge on any atom is 0.223 e. The molecule has 0 bridgehead atoms. The van der Waals surface area contributed by atoms with Crippen molar-refractivity contribution in [3.05, 3.63) is 35.9 Å². The average molecular weight is 402 g/mol. The molecule has 0 aliphatic heterocycles. The van der Waals surface area contributed by atoms with Crippen LogP contribution in [-0.2, 0) is 4.79 Å². The summed E-state index contributed by atoms with van der Waals surface area (Å²) in [6.07, 6.45) is 7.49. The zero-order chi connectivity index (χ0) is 17.0. The van der Waals surface area contributed by atoms with E-state index in [1.54, 1.807) is 0 Å². The first-order valence-electron chi connectivity index (χ1n) is 9.44. The quantitative estimate of drug-likeness (QED) is 0.679. The van der Waals surface area contributed by atoms with E-state index in [0.29, 0.717) is 6.04 Å². The number of carbonyl (C=O) groups is 1. The number of hydrogen-bond acceptors (Lipinski definition) is 3. The van der Waals surface area contributed by atoms with E-state index in [0.717, 1.165) is 38.6 Å². The van der Waals surface area contributed by atoms with Crippen LogP contribution in [0.4, 0.5) is 0 Å². The van der Waals surface area contributed by atoms with Crippen molar-refractivity contribution in [2.24, 2.45) is 11.7 Å². The monoisotopic (exact) mass is 401 g/mol. The Kier molecular flexibility index (Phi) is 9.39. The Bertz CT molecular complexity index is 549. The van der Waals surface area contributed by atoms with Crippen molar-refractivity contribution in [2.45, 2.75) is 69.5 Å². The summed E-state index contributed by atoms with van der Waals surface area (Å²) in [5.74, 6) is 0.313. The second-order valence-electron chi connectivity index (χ2n) is 7.75. The van der Waals surface area contributed by atoms with E-state index in [-0.39, 0.29) is 48.2 Å². The topological polar surface area (TPSA) is 67.1 Å². The second-order valence-corrected chi connectivity index (χ2v) is 7.75. The molecule has 2 aliphatic rings. The molecule has 0 radical (unpaired) electrons. The van der Waals surface area contributed by atoms with E-state index < -0.39 is 0 Å². The Morgan fingerprint density at radius 2 is 1.85 bits per heavy atom. The number of halogens is 2. The van der Waals surface area contributed by atoms with Gasteiger partial charge in [0, 0.05) is 30.1 Å². The molecule has 0 aromatic heterocycles. The lowest BCUT2D eigenvalue weighted by Gasteiger charge is -2.34. The average Bonchev–Trinajstić information content (AvgIpc) is 3.23. The molecule has 0 spiro atoms. The van der Waals surface area contributed by atoms with Crippen LogP contribution in [0, 0.1) is 5.92 Å². The SMILES string of the molecule is CC(NC1(CNC(=O)C2CCC(N)C2)CCCC1)c1ccccc1.Cl.Cl. The molecule has 4 N–H and O–H groups in total. The lowest BCUT2D eigenvalue weighted by atomic mass is 9.94. The van der Waals surface area contributed by atoms with Gasteiger partial charge in [-0.1, -0.05) is 43.2 Å². The number of amides is 1. The van der Waals surface area contributed by atoms with E-state index >= 15 is 0 Å². The van der Waals surface area contributed by atoms with Crippen LogP contribution in [-0.4, -0.2) is 24.0 Å². The van der Waals surface area contributed by atoms with E-state index in [9.17, 15) is 4.79 Å². The maximum atomic E-state index is 12.5. The Balaban J connectivity index is 0.00000169. The largest absolute Gasteiger partial charge is 0.354 e. The molecule has 1 aromatic carbocycles. The van der Waals surface area contributed by atoms with Gasteiger partial charge in [0.05, 0.1) is 0 Å². The molecule has 2 aliphatic carbocycles. The normalized spacial score (nSPS) is 25.0. The van der Waals surface area contributed by atoms with Crippen LogP contribution in [0.1, 0.15) is 63.5 Å². The molecule has 3 atom stereocenters. The molecule has 1 aromatic rings. The first-order chi connectivity index (χ1) is 11.6. The third kappa shape index (κ3) is 5.85. The summed E-state index contributed by atoms with van der Waals surface area (Å²) in [7, 11) is 0. The molecule has 26 heavy (non-hydrogen) atoms. The molecule has 0 saturated heterocycles. The third-order valence-electron chi connectivity index (χ3n) is 5.83. The van der Waals surface area contributed by atoms with Crippen molar-refractivity contribution < 1.29 is 4.79 Å². The molecule has 2 fully saturated rings. The van der Waals surface area contributed by atoms with Crippen LogP contribution < -0.4 is 16.4 Å². The molecule has 4 nitrogen and oxygen atoms in total. The highest BCUT2D eigenvalue weighted by Crippen LogP contribution is 2.32. The van der Waals surface area contributed by atoms with Gasteiger partial charge in [-0.2, -0.15) is 0 Å². The highest BCUT2D eigenvalue weighted by molar-refractivity contribution is 5.85. The predicted octanol–water partition coefficient (Wildman–Crippen LogP) is 3.74. The van der Waals surface area contributed by atoms with Gasteiger partial charge in [0.1, 0.15) is 0 Å². The molecular weight excluding hydrogens is 369 g/mol. The van der Waals surface area contributed by atoms with Gasteiger partial charge in [0.25, 0.3) is 0 Å². The van der Waals surface area contributed by atoms with Crippen LogP contribution >= 0.6 is 24.8 Å². The van der Waals surface area contributed by atoms with Crippen molar-refractivity contribution in [1.29, 1.82) is 0 Å². The van der Waals surface area contributed by atoms with Crippen molar-refractivity contribution in [3.63, 3.8) is 0 Å². The summed E-state index contributed by atoms with van der Waals surface area (Å²) < 4.78 is 0. The Hall–Kier alpha value is -0.810. The lowest BCUT2D eigenvalue weighted by molar-refractivity contribution is -0.125. The Morgan fingerprint density at radius 1 is 1.19 bits per heavy atom. The van der Waals surface area contributed by atoms with Gasteiger partial charge in [-0.3, -0.25) is 4.79 Å². The Labute approximate surface area is 169 Å². The summed E-state index contributed by atoms with van der Waals surface area (Å²) in [5.41, 5.74) is 7.28. The van der Waals surface area contributed by atoms with Crippen LogP contribution in [0.5, 0.6) is 0 Å². The molecule has 3 unspecified atom stereocenters. The molecule has 0 heterocycles. The molecule has 148 valence electrons. The van der Waals surface area contributed by atoms with E-state index in [1.807, 2.05) is 6.07 Å². The molecular formula is C20H33Cl2N3O. The Morgan fingerprint density at radius 3 is 2.42 bits per heavy atom. The summed E-state index contributed by atoms with van der Waals surface area (Å²) in [5, 5.41) is 7.05. The number of benzene rings is 1. The minimum Gasteiger partial charge on any atom is -0.354 e. The van der Waals surface area contributed by atoms with Crippen molar-refractivity contribution in [2.75, 3.05) is 6.54 Å². The van der Waals surface area contributed by atoms with Crippen LogP contribution in [0.3, 0.4) is 0 Å². The summed E-state index contributed by atoms with van der Waals surface area (Å²) >= 11 is 0. The van der Waals surface area contributed by atoms with Gasteiger partial charge in [0.15, 0.2) is 0 Å². The fourth-order valence-corrected chi connectivity index (χ4v) is 4.36. The lowest BCUT2D eigenvalue weighted by Crippen LogP contribution is -2.53. The summed E-state index contributed by atoms with van der Waals surface area (Å²) in [6, 6.07) is 11.0. The van der Waals surface area contributed by atoms with Crippen molar-refractivity contribution in [1.82, 2.24) is 10.6 Å². The predicted molar refractivity (Wildman–Crippen MR) is 112 cm³/mol. The molecule has 6 heteroatoms. The number of hydrogen-bond donors (Lipinski definition) is 3. The van der Waals surface area contributed by atoms with E-state index in [2.05, 4.69) is 41.8 Å². The minimum atomic E-state index is 0. The van der Waals surface area contributed by atoms with Gasteiger partial charge in [-0.15, -0.1) is 24.8 Å². The van der Waals surface area contributed by atoms with Crippen molar-refractivity contribution >= 4 is 30.7 Å². The first kappa shape index (κ1) is 23.2. The van der Waals surface area contributed by atoms with Crippen LogP contribution in [0.2, 0.25) is 0 Å². The second kappa shape index (κ2) is 10.5. The fraction of sp³-hybridized carbons (Fsp3) is 0.650. The maximum absolute atomic E-state index is 12.5. The highest BCUT2D eigenvalue weighted by Gasteiger charge is 2.36. The van der Waals surface area contributed by atoms with Crippen LogP contribution in [0.25, 0.3) is 0 Å². The van der Waals surface area contributed by atoms with Gasteiger partial charge in [-0.25, -0.2) is 0 Å². The minimum absolute atomic E-state index is 0. The summed E-state index contributed by atoms with van der Waals surface area (Å²) in [4.78, 5) is 12.5. The smallest absolute Gasteiger partial charge is 0.223 e. The molecule has 2 saturated carbocycles. The van der Waals surface area contributed by atoms with Gasteiger partial charge in [-0.05, 0) is 44.6 Å². The van der Waals surface area contributed by atoms with Gasteiger partial charge < -0.3 is 16.4 Å². The molecule has 1 amide bonds. The number of nitrogens with one attached hydrogen (secondary N) is 2. The van der Waals surface area contributed by atoms with Gasteiger partial charge >= 0.3 is 0 Å². The number of nitrogens with two attached hydrogens (primary N) is 1. The number of carbonyl (C=O) groups excluding carboxylic acids is 1. The third-order valence-corrected chi connectivity index (χ3v) is 5.83. The van der Waals surface area contributed by atoms with Gasteiger partial charge in [0.2, 0.25) is 5.91 Å². The highest BCUT2D eigenvalue weighted by atomic mass is 35.5. The van der Waals surface area contributed by atoms with E-state index in [1.165, 1.54) is 18.4 Å². The van der Waals surface area contributed by atoms with Crippen LogP contribution in [0.15, 0.2) is 30.3 Å². The first-order valence-corrected chi connectivity index (χ1v) is 9.44.